The lowest BCUT2D eigenvalue weighted by Crippen LogP contribution is -3.14. The van der Waals surface area contributed by atoms with E-state index in [9.17, 15) is 4.79 Å². The van der Waals surface area contributed by atoms with Gasteiger partial charge in [-0.25, -0.2) is 0 Å². The minimum atomic E-state index is -0.302. The number of thioether (sulfide) groups is 1. The normalized spacial score (nSPS) is 16.5. The second-order valence-corrected chi connectivity index (χ2v) is 17.5. The standard InChI is InChI=1S/C54H60N4O2S/c1-5-56(6-2)44-29-31-48-50(39-44)60-51-40-45(57(7-3)8-4)30-32-49(51)52(48)46-27-18-19-28-47(46)53(59)58-36-34-55(35-37-58)33-20-38-61-54(41-21-12-9-13-22-41,42-23-14-10-15-24-42)43-25-16-11-17-26-43/h9-19,21-32,39-40,44H,5-8,20,33-38H2,1-4H3/p+1. The van der Waals surface area contributed by atoms with Crippen LogP contribution in [0.3, 0.4) is 0 Å². The van der Waals surface area contributed by atoms with Crippen LogP contribution in [0, 0.1) is 0 Å². The smallest absolute Gasteiger partial charge is 0.254 e. The van der Waals surface area contributed by atoms with Gasteiger partial charge in [0.2, 0.25) is 0 Å². The molecule has 1 atom stereocenters. The summed E-state index contributed by atoms with van der Waals surface area (Å²) in [7, 11) is 0. The molecule has 61 heavy (non-hydrogen) atoms. The molecule has 0 saturated carbocycles. The Kier molecular flexibility index (Phi) is 13.6. The third-order valence-corrected chi connectivity index (χ3v) is 14.5. The Balaban J connectivity index is 0.993. The average molecular weight is 830 g/mol. The number of hydrogen-bond acceptors (Lipinski definition) is 5. The summed E-state index contributed by atoms with van der Waals surface area (Å²) < 4.78 is 6.49. The molecule has 3 aliphatic rings. The molecule has 314 valence electrons. The number of allylic oxidation sites excluding steroid dienone is 1. The number of carbonyl (C=O) groups excluding carboxylic acids is 1. The van der Waals surface area contributed by atoms with Crippen molar-refractivity contribution in [2.45, 2.75) is 44.9 Å². The minimum Gasteiger partial charge on any atom is -0.456 e. The summed E-state index contributed by atoms with van der Waals surface area (Å²) in [6.07, 6.45) is 7.85. The fourth-order valence-corrected chi connectivity index (χ4v) is 11.0. The van der Waals surface area contributed by atoms with Gasteiger partial charge in [-0.3, -0.25) is 9.69 Å². The van der Waals surface area contributed by atoms with Crippen molar-refractivity contribution in [2.24, 2.45) is 0 Å². The number of benzene rings is 5. The van der Waals surface area contributed by atoms with Crippen molar-refractivity contribution in [3.63, 3.8) is 0 Å². The first kappa shape index (κ1) is 42.4. The molecule has 0 radical (unpaired) electrons. The summed E-state index contributed by atoms with van der Waals surface area (Å²) in [5.74, 6) is 2.84. The quantitative estimate of drug-likeness (QED) is 0.0794. The van der Waals surface area contributed by atoms with Crippen molar-refractivity contribution in [2.75, 3.05) is 69.6 Å². The lowest BCUT2D eigenvalue weighted by Gasteiger charge is -2.36. The van der Waals surface area contributed by atoms with E-state index in [4.69, 9.17) is 4.74 Å². The van der Waals surface area contributed by atoms with Gasteiger partial charge >= 0.3 is 0 Å². The van der Waals surface area contributed by atoms with Gasteiger partial charge in [-0.2, -0.15) is 0 Å². The highest BCUT2D eigenvalue weighted by atomic mass is 32.2. The van der Waals surface area contributed by atoms with Gasteiger partial charge < -0.3 is 19.4 Å². The molecule has 7 heteroatoms. The molecule has 1 fully saturated rings. The van der Waals surface area contributed by atoms with Gasteiger partial charge in [0.25, 0.3) is 5.91 Å². The van der Waals surface area contributed by atoms with E-state index >= 15 is 0 Å². The van der Waals surface area contributed by atoms with Crippen LogP contribution in [0.4, 0.5) is 5.69 Å². The first-order valence-electron chi connectivity index (χ1n) is 22.5. The zero-order chi connectivity index (χ0) is 42.2. The number of nitrogens with zero attached hydrogens (tertiary/aromatic N) is 3. The van der Waals surface area contributed by atoms with Crippen molar-refractivity contribution < 1.29 is 14.4 Å². The summed E-state index contributed by atoms with van der Waals surface area (Å²) >= 11 is 2.04. The summed E-state index contributed by atoms with van der Waals surface area (Å²) in [6, 6.07) is 47.9. The topological polar surface area (TPSA) is 40.5 Å². The van der Waals surface area contributed by atoms with Crippen molar-refractivity contribution in [3.8, 4) is 5.75 Å². The van der Waals surface area contributed by atoms with E-state index in [1.54, 1.807) is 4.90 Å². The predicted octanol–water partition coefficient (Wildman–Crippen LogP) is 9.35. The van der Waals surface area contributed by atoms with E-state index < -0.39 is 0 Å². The van der Waals surface area contributed by atoms with Crippen LogP contribution in [0.2, 0.25) is 0 Å². The number of piperazine rings is 1. The van der Waals surface area contributed by atoms with E-state index in [0.717, 1.165) is 116 Å². The number of carbonyl (C=O) groups is 1. The highest BCUT2D eigenvalue weighted by Crippen LogP contribution is 2.49. The number of likely N-dealkylation sites (N-methyl/N-ethyl adjacent to an activating group) is 1. The lowest BCUT2D eigenvalue weighted by molar-refractivity contribution is -0.903. The molecule has 5 aromatic rings. The number of rotatable bonds is 16. The number of hydrogen-bond donors (Lipinski definition) is 1. The Morgan fingerprint density at radius 2 is 1.33 bits per heavy atom. The maximum atomic E-state index is 14.7. The largest absolute Gasteiger partial charge is 0.456 e. The molecule has 1 saturated heterocycles. The van der Waals surface area contributed by atoms with E-state index in [-0.39, 0.29) is 16.7 Å². The Bertz CT molecular complexity index is 2250. The van der Waals surface area contributed by atoms with Gasteiger partial charge in [0, 0.05) is 59.3 Å². The summed E-state index contributed by atoms with van der Waals surface area (Å²) in [5.41, 5.74) is 9.90. The molecule has 2 aliphatic heterocycles. The Labute approximate surface area is 368 Å². The highest BCUT2D eigenvalue weighted by Gasteiger charge is 2.37. The number of amides is 1. The van der Waals surface area contributed by atoms with E-state index in [2.05, 4.69) is 182 Å². The molecule has 1 amide bonds. The third-order valence-electron chi connectivity index (χ3n) is 12.9. The van der Waals surface area contributed by atoms with E-state index in [1.807, 2.05) is 23.9 Å². The van der Waals surface area contributed by atoms with Gasteiger partial charge in [-0.15, -0.1) is 11.8 Å². The van der Waals surface area contributed by atoms with Crippen LogP contribution in [0.1, 0.15) is 72.3 Å². The monoisotopic (exact) mass is 829 g/mol. The zero-order valence-electron chi connectivity index (χ0n) is 36.4. The van der Waals surface area contributed by atoms with Gasteiger partial charge in [0.05, 0.1) is 43.5 Å². The molecule has 8 rings (SSSR count). The van der Waals surface area contributed by atoms with Gasteiger partial charge in [-0.1, -0.05) is 135 Å². The van der Waals surface area contributed by atoms with Crippen LogP contribution < -0.4 is 14.5 Å². The fraction of sp³-hybridized carbons (Fsp3) is 0.315. The molecule has 5 aromatic carbocycles. The molecule has 1 aliphatic carbocycles. The predicted molar refractivity (Wildman–Crippen MR) is 255 cm³/mol. The first-order valence-corrected chi connectivity index (χ1v) is 23.5. The molecular formula is C54H61N4O2S+. The van der Waals surface area contributed by atoms with Crippen LogP contribution in [0.25, 0.3) is 5.57 Å². The number of nitrogens with one attached hydrogen (secondary N) is 1. The highest BCUT2D eigenvalue weighted by molar-refractivity contribution is 8.00. The maximum absolute atomic E-state index is 14.7. The second kappa shape index (κ2) is 19.6. The van der Waals surface area contributed by atoms with Crippen LogP contribution in [-0.4, -0.2) is 86.4 Å². The lowest BCUT2D eigenvalue weighted by atomic mass is 9.84. The third kappa shape index (κ3) is 8.74. The number of ether oxygens (including phenoxy) is 1. The van der Waals surface area contributed by atoms with Crippen LogP contribution in [0.5, 0.6) is 5.75 Å². The molecule has 1 unspecified atom stereocenters. The van der Waals surface area contributed by atoms with Crippen LogP contribution in [-0.2, 0) is 4.75 Å². The molecule has 0 bridgehead atoms. The minimum absolute atomic E-state index is 0.107. The van der Waals surface area contributed by atoms with Gasteiger partial charge in [0.15, 0.2) is 0 Å². The van der Waals surface area contributed by atoms with E-state index in [0.29, 0.717) is 0 Å². The Hall–Kier alpha value is -5.34. The van der Waals surface area contributed by atoms with Crippen molar-refractivity contribution in [1.29, 1.82) is 0 Å². The zero-order valence-corrected chi connectivity index (χ0v) is 37.2. The van der Waals surface area contributed by atoms with E-state index in [1.165, 1.54) is 16.7 Å². The first-order chi connectivity index (χ1) is 30.0. The molecule has 1 N–H and O–H groups in total. The van der Waals surface area contributed by atoms with Crippen LogP contribution in [0.15, 0.2) is 163 Å². The summed E-state index contributed by atoms with van der Waals surface area (Å²) in [6.45, 7) is 17.0. The fourth-order valence-electron chi connectivity index (χ4n) is 9.54. The number of fused-ring (bicyclic) bond motifs is 2. The molecule has 0 spiro atoms. The number of anilines is 1. The second-order valence-electron chi connectivity index (χ2n) is 16.2. The Morgan fingerprint density at radius 1 is 0.738 bits per heavy atom. The molecule has 0 aromatic heterocycles. The van der Waals surface area contributed by atoms with Crippen LogP contribution >= 0.6 is 11.8 Å². The van der Waals surface area contributed by atoms with Crippen molar-refractivity contribution in [3.05, 3.63) is 196 Å². The van der Waals surface area contributed by atoms with Crippen molar-refractivity contribution >= 4 is 28.9 Å². The molecule has 6 nitrogen and oxygen atoms in total. The number of quaternary nitrogens is 1. The molecular weight excluding hydrogens is 769 g/mol. The SMILES string of the molecule is CCN(CC)c1ccc2c(c1)OC1=CC(N(CC)CC)C=CC1=C2c1ccccc1C(=O)N1CC[NH+](CCCSC(c2ccccc2)(c2ccccc2)c2ccccc2)CC1. The average Bonchev–Trinajstić information content (AvgIpc) is 3.32. The summed E-state index contributed by atoms with van der Waals surface area (Å²) in [4.78, 5) is 23.1. The summed E-state index contributed by atoms with van der Waals surface area (Å²) in [5, 5.41) is 0. The van der Waals surface area contributed by atoms with Crippen molar-refractivity contribution in [1.82, 2.24) is 9.80 Å². The van der Waals surface area contributed by atoms with Gasteiger partial charge in [0.1, 0.15) is 11.5 Å². The molecule has 2 heterocycles. The maximum Gasteiger partial charge on any atom is 0.254 e. The van der Waals surface area contributed by atoms with Gasteiger partial charge in [-0.05, 0) is 73.5 Å². The Morgan fingerprint density at radius 3 is 1.92 bits per heavy atom.